The maximum absolute atomic E-state index is 12.5. The van der Waals surface area contributed by atoms with E-state index in [1.807, 2.05) is 6.92 Å². The van der Waals surface area contributed by atoms with E-state index in [0.29, 0.717) is 27.4 Å². The minimum Gasteiger partial charge on any atom is -0.497 e. The molecule has 1 atom stereocenters. The number of carbonyl (C=O) groups excluding carboxylic acids is 1. The number of ether oxygens (including phenoxy) is 1. The molecule has 0 radical (unpaired) electrons. The lowest BCUT2D eigenvalue weighted by Crippen LogP contribution is -2.13. The Hall–Kier alpha value is -2.31. The van der Waals surface area contributed by atoms with Crippen molar-refractivity contribution in [2.45, 2.75) is 17.4 Å². The van der Waals surface area contributed by atoms with E-state index >= 15 is 0 Å². The van der Waals surface area contributed by atoms with Crippen LogP contribution in [0.25, 0.3) is 11.5 Å². The lowest BCUT2D eigenvalue weighted by atomic mass is 10.1. The van der Waals surface area contributed by atoms with Gasteiger partial charge in [0.25, 0.3) is 5.22 Å². The molecule has 0 fully saturated rings. The highest BCUT2D eigenvalue weighted by Gasteiger charge is 2.20. The highest BCUT2D eigenvalue weighted by Crippen LogP contribution is 2.28. The van der Waals surface area contributed by atoms with Gasteiger partial charge in [0.05, 0.1) is 12.4 Å². The van der Waals surface area contributed by atoms with Gasteiger partial charge in [-0.1, -0.05) is 23.4 Å². The second kappa shape index (κ2) is 7.72. The van der Waals surface area contributed by atoms with E-state index in [4.69, 9.17) is 20.8 Å². The number of carbonyl (C=O) groups is 1. The Balaban J connectivity index is 1.69. The average molecular weight is 375 g/mol. The van der Waals surface area contributed by atoms with Crippen molar-refractivity contribution in [2.75, 3.05) is 7.11 Å². The van der Waals surface area contributed by atoms with Crippen molar-refractivity contribution >= 4 is 29.1 Å². The van der Waals surface area contributed by atoms with E-state index < -0.39 is 0 Å². The number of hydrogen-bond acceptors (Lipinski definition) is 6. The van der Waals surface area contributed by atoms with Crippen LogP contribution in [0.3, 0.4) is 0 Å². The van der Waals surface area contributed by atoms with Gasteiger partial charge in [-0.05, 0) is 55.5 Å². The zero-order chi connectivity index (χ0) is 17.8. The quantitative estimate of drug-likeness (QED) is 0.457. The fraction of sp³-hybridized carbons (Fsp3) is 0.167. The highest BCUT2D eigenvalue weighted by atomic mass is 35.5. The van der Waals surface area contributed by atoms with E-state index in [2.05, 4.69) is 10.2 Å². The summed E-state index contributed by atoms with van der Waals surface area (Å²) in [7, 11) is 1.59. The van der Waals surface area contributed by atoms with Crippen LogP contribution in [0.4, 0.5) is 0 Å². The van der Waals surface area contributed by atoms with E-state index in [1.165, 1.54) is 11.8 Å². The Morgan fingerprint density at radius 1 is 1.12 bits per heavy atom. The van der Waals surface area contributed by atoms with Gasteiger partial charge < -0.3 is 9.15 Å². The van der Waals surface area contributed by atoms with E-state index in [9.17, 15) is 4.79 Å². The van der Waals surface area contributed by atoms with E-state index in [0.717, 1.165) is 5.56 Å². The predicted molar refractivity (Wildman–Crippen MR) is 97.4 cm³/mol. The zero-order valence-electron chi connectivity index (χ0n) is 13.6. The summed E-state index contributed by atoms with van der Waals surface area (Å²) in [4.78, 5) is 12.5. The van der Waals surface area contributed by atoms with Gasteiger partial charge in [-0.25, -0.2) is 0 Å². The summed E-state index contributed by atoms with van der Waals surface area (Å²) in [6.07, 6.45) is 0. The van der Waals surface area contributed by atoms with Crippen LogP contribution in [0.5, 0.6) is 5.75 Å². The molecule has 0 saturated heterocycles. The van der Waals surface area contributed by atoms with Crippen molar-refractivity contribution in [3.63, 3.8) is 0 Å². The molecule has 0 aliphatic rings. The largest absolute Gasteiger partial charge is 0.497 e. The Kier molecular flexibility index (Phi) is 5.40. The second-order valence-electron chi connectivity index (χ2n) is 5.23. The van der Waals surface area contributed by atoms with E-state index in [1.54, 1.807) is 55.6 Å². The van der Waals surface area contributed by atoms with Crippen molar-refractivity contribution in [3.8, 4) is 17.2 Å². The molecule has 0 amide bonds. The number of Topliss-reactive ketones (excluding diaryl/α,β-unsaturated/α-hetero) is 1. The number of nitrogens with zero attached hydrogens (tertiary/aromatic N) is 2. The SMILES string of the molecule is COc1ccc(C(=O)[C@@H](C)Sc2nnc(-c3ccc(Cl)cc3)o2)cc1. The fourth-order valence-corrected chi connectivity index (χ4v) is 3.05. The summed E-state index contributed by atoms with van der Waals surface area (Å²) >= 11 is 7.10. The van der Waals surface area contributed by atoms with Crippen LogP contribution in [0.15, 0.2) is 58.2 Å². The summed E-state index contributed by atoms with van der Waals surface area (Å²) in [6, 6.07) is 14.1. The van der Waals surface area contributed by atoms with Crippen LogP contribution < -0.4 is 4.74 Å². The van der Waals surface area contributed by atoms with Crippen LogP contribution in [0.2, 0.25) is 5.02 Å². The first kappa shape index (κ1) is 17.5. The van der Waals surface area contributed by atoms with Gasteiger partial charge in [-0.3, -0.25) is 4.79 Å². The van der Waals surface area contributed by atoms with Gasteiger partial charge >= 0.3 is 0 Å². The Labute approximate surface area is 154 Å². The molecule has 0 aliphatic carbocycles. The molecule has 3 aromatic rings. The number of thioether (sulfide) groups is 1. The summed E-state index contributed by atoms with van der Waals surface area (Å²) < 4.78 is 10.7. The van der Waals surface area contributed by atoms with Gasteiger partial charge in [-0.15, -0.1) is 10.2 Å². The van der Waals surface area contributed by atoms with Crippen molar-refractivity contribution in [3.05, 3.63) is 59.1 Å². The highest BCUT2D eigenvalue weighted by molar-refractivity contribution is 8.00. The molecule has 1 aromatic heterocycles. The molecule has 5 nitrogen and oxygen atoms in total. The first-order chi connectivity index (χ1) is 12.1. The summed E-state index contributed by atoms with van der Waals surface area (Å²) in [5.74, 6) is 1.09. The minimum absolute atomic E-state index is 0.0149. The molecule has 0 unspecified atom stereocenters. The number of halogens is 1. The molecule has 3 rings (SSSR count). The van der Waals surface area contributed by atoms with Crippen molar-refractivity contribution in [1.29, 1.82) is 0 Å². The van der Waals surface area contributed by atoms with Crippen molar-refractivity contribution in [2.24, 2.45) is 0 Å². The number of methoxy groups -OCH3 is 1. The smallest absolute Gasteiger partial charge is 0.277 e. The maximum atomic E-state index is 12.5. The number of aromatic nitrogens is 2. The Bertz CT molecular complexity index is 863. The van der Waals surface area contributed by atoms with Gasteiger partial charge in [0, 0.05) is 16.1 Å². The fourth-order valence-electron chi connectivity index (χ4n) is 2.16. The summed E-state index contributed by atoms with van der Waals surface area (Å²) in [5, 5.41) is 8.64. The van der Waals surface area contributed by atoms with Gasteiger partial charge in [0.1, 0.15) is 5.75 Å². The number of ketones is 1. The lowest BCUT2D eigenvalue weighted by molar-refractivity contribution is 0.0993. The molecule has 128 valence electrons. The molecule has 0 aliphatic heterocycles. The molecule has 0 N–H and O–H groups in total. The van der Waals surface area contributed by atoms with E-state index in [-0.39, 0.29) is 11.0 Å². The number of rotatable bonds is 6. The summed E-state index contributed by atoms with van der Waals surface area (Å²) in [6.45, 7) is 1.81. The molecule has 0 bridgehead atoms. The molecular weight excluding hydrogens is 360 g/mol. The van der Waals surface area contributed by atoms with Crippen LogP contribution in [-0.4, -0.2) is 28.3 Å². The summed E-state index contributed by atoms with van der Waals surface area (Å²) in [5.41, 5.74) is 1.39. The Morgan fingerprint density at radius 3 is 2.44 bits per heavy atom. The van der Waals surface area contributed by atoms with Crippen LogP contribution >= 0.6 is 23.4 Å². The second-order valence-corrected chi connectivity index (χ2v) is 6.96. The first-order valence-electron chi connectivity index (χ1n) is 7.51. The van der Waals surface area contributed by atoms with Gasteiger partial charge in [-0.2, -0.15) is 0 Å². The lowest BCUT2D eigenvalue weighted by Gasteiger charge is -2.08. The molecule has 1 heterocycles. The molecule has 2 aromatic carbocycles. The standard InChI is InChI=1S/C18H15ClN2O3S/c1-11(16(22)12-5-9-15(23-2)10-6-12)25-18-21-20-17(24-18)13-3-7-14(19)8-4-13/h3-11H,1-2H3/t11-/m1/s1. The number of benzene rings is 2. The normalized spacial score (nSPS) is 12.0. The third kappa shape index (κ3) is 4.21. The van der Waals surface area contributed by atoms with Crippen LogP contribution in [-0.2, 0) is 0 Å². The monoisotopic (exact) mass is 374 g/mol. The third-order valence-electron chi connectivity index (χ3n) is 3.52. The van der Waals surface area contributed by atoms with Crippen molar-refractivity contribution < 1.29 is 13.9 Å². The molecule has 7 heteroatoms. The first-order valence-corrected chi connectivity index (χ1v) is 8.77. The third-order valence-corrected chi connectivity index (χ3v) is 4.71. The molecule has 0 spiro atoms. The molecule has 0 saturated carbocycles. The molecular formula is C18H15ClN2O3S. The Morgan fingerprint density at radius 2 is 1.80 bits per heavy atom. The minimum atomic E-state index is -0.355. The van der Waals surface area contributed by atoms with Gasteiger partial charge in [0.15, 0.2) is 5.78 Å². The van der Waals surface area contributed by atoms with Crippen LogP contribution in [0, 0.1) is 0 Å². The van der Waals surface area contributed by atoms with Gasteiger partial charge in [0.2, 0.25) is 5.89 Å². The number of hydrogen-bond donors (Lipinski definition) is 0. The maximum Gasteiger partial charge on any atom is 0.277 e. The van der Waals surface area contributed by atoms with Crippen molar-refractivity contribution in [1.82, 2.24) is 10.2 Å². The average Bonchev–Trinajstić information content (AvgIpc) is 3.10. The topological polar surface area (TPSA) is 65.2 Å². The van der Waals surface area contributed by atoms with Crippen LogP contribution in [0.1, 0.15) is 17.3 Å². The molecule has 25 heavy (non-hydrogen) atoms. The predicted octanol–water partition coefficient (Wildman–Crippen LogP) is 4.76. The zero-order valence-corrected chi connectivity index (χ0v) is 15.2.